The van der Waals surface area contributed by atoms with Gasteiger partial charge in [0.05, 0.1) is 13.2 Å². The fraction of sp³-hybridized carbons (Fsp3) is 1.00. The number of ether oxygens (including phenoxy) is 2. The van der Waals surface area contributed by atoms with E-state index in [9.17, 15) is 0 Å². The molecule has 0 amide bonds. The van der Waals surface area contributed by atoms with Crippen LogP contribution in [0.15, 0.2) is 0 Å². The van der Waals surface area contributed by atoms with Crippen molar-refractivity contribution in [3.8, 4) is 0 Å². The summed E-state index contributed by atoms with van der Waals surface area (Å²) in [5.74, 6) is 0. The van der Waals surface area contributed by atoms with Gasteiger partial charge >= 0.3 is 8.80 Å². The molecule has 0 aromatic carbocycles. The van der Waals surface area contributed by atoms with Gasteiger partial charge in [-0.2, -0.15) is 0 Å². The highest BCUT2D eigenvalue weighted by Crippen LogP contribution is 2.23. The second-order valence-corrected chi connectivity index (χ2v) is 8.89. The highest BCUT2D eigenvalue weighted by atomic mass is 28.4. The summed E-state index contributed by atoms with van der Waals surface area (Å²) >= 11 is 0. The maximum absolute atomic E-state index is 6.11. The van der Waals surface area contributed by atoms with Crippen molar-refractivity contribution in [2.45, 2.75) is 78.4 Å². The maximum Gasteiger partial charge on any atom is 0.501 e. The third-order valence-corrected chi connectivity index (χ3v) is 6.18. The zero-order chi connectivity index (χ0) is 15.9. The van der Waals surface area contributed by atoms with E-state index < -0.39 is 8.80 Å². The molecule has 0 bridgehead atoms. The standard InChI is InChI=1S/C15H32O5Si/c1-12(2)18-21(19-13(3)4,20-14(5)6)9-7-8-16-10-15-11-17-15/h12-15H,7-11H2,1-6H3. The summed E-state index contributed by atoms with van der Waals surface area (Å²) < 4.78 is 29.1. The lowest BCUT2D eigenvalue weighted by atomic mass is 10.5. The summed E-state index contributed by atoms with van der Waals surface area (Å²) in [4.78, 5) is 0. The van der Waals surface area contributed by atoms with Crippen LogP contribution >= 0.6 is 0 Å². The van der Waals surface area contributed by atoms with E-state index >= 15 is 0 Å². The first-order valence-electron chi connectivity index (χ1n) is 8.06. The number of rotatable bonds is 12. The molecule has 1 unspecified atom stereocenters. The molecule has 1 rings (SSSR count). The Bertz CT molecular complexity index is 253. The van der Waals surface area contributed by atoms with Gasteiger partial charge in [0.1, 0.15) is 6.10 Å². The topological polar surface area (TPSA) is 49.5 Å². The molecule has 6 heteroatoms. The minimum absolute atomic E-state index is 0.0925. The van der Waals surface area contributed by atoms with Crippen LogP contribution in [0.25, 0.3) is 0 Å². The van der Waals surface area contributed by atoms with Crippen molar-refractivity contribution in [3.63, 3.8) is 0 Å². The van der Waals surface area contributed by atoms with Gasteiger partial charge in [-0.05, 0) is 48.0 Å². The summed E-state index contributed by atoms with van der Waals surface area (Å²) in [7, 11) is -2.66. The quantitative estimate of drug-likeness (QED) is 0.314. The molecule has 1 aliphatic heterocycles. The molecule has 5 nitrogen and oxygen atoms in total. The lowest BCUT2D eigenvalue weighted by Crippen LogP contribution is -2.50. The Kier molecular flexibility index (Phi) is 8.37. The van der Waals surface area contributed by atoms with Crippen LogP contribution in [0.3, 0.4) is 0 Å². The number of hydrogen-bond donors (Lipinski definition) is 0. The van der Waals surface area contributed by atoms with Crippen molar-refractivity contribution in [1.82, 2.24) is 0 Å². The van der Waals surface area contributed by atoms with Crippen LogP contribution in [-0.2, 0) is 22.8 Å². The molecule has 0 spiro atoms. The minimum Gasteiger partial charge on any atom is -0.379 e. The molecule has 0 saturated carbocycles. The molecule has 1 atom stereocenters. The van der Waals surface area contributed by atoms with Crippen molar-refractivity contribution in [3.05, 3.63) is 0 Å². The Hall–Kier alpha value is 0.0169. The van der Waals surface area contributed by atoms with Gasteiger partial charge in [0.15, 0.2) is 0 Å². The molecule has 0 aliphatic carbocycles. The molecular formula is C15H32O5Si. The summed E-state index contributed by atoms with van der Waals surface area (Å²) in [5.41, 5.74) is 0. The number of epoxide rings is 1. The van der Waals surface area contributed by atoms with Gasteiger partial charge in [0.25, 0.3) is 0 Å². The monoisotopic (exact) mass is 320 g/mol. The van der Waals surface area contributed by atoms with Crippen molar-refractivity contribution >= 4 is 8.80 Å². The number of hydrogen-bond acceptors (Lipinski definition) is 5. The van der Waals surface area contributed by atoms with Crippen LogP contribution in [0.4, 0.5) is 0 Å². The van der Waals surface area contributed by atoms with E-state index in [2.05, 4.69) is 0 Å². The summed E-state index contributed by atoms with van der Waals surface area (Å²) in [6.45, 7) is 14.4. The lowest BCUT2D eigenvalue weighted by Gasteiger charge is -2.34. The second kappa shape index (κ2) is 9.22. The molecule has 21 heavy (non-hydrogen) atoms. The van der Waals surface area contributed by atoms with Gasteiger partial charge in [0.2, 0.25) is 0 Å². The van der Waals surface area contributed by atoms with Crippen LogP contribution in [-0.4, -0.2) is 53.0 Å². The zero-order valence-corrected chi connectivity index (χ0v) is 15.4. The summed E-state index contributed by atoms with van der Waals surface area (Å²) in [6, 6.07) is 0.785. The summed E-state index contributed by atoms with van der Waals surface area (Å²) in [6.07, 6.45) is 1.48. The molecule has 126 valence electrons. The highest BCUT2D eigenvalue weighted by molar-refractivity contribution is 6.60. The second-order valence-electron chi connectivity index (χ2n) is 6.32. The smallest absolute Gasteiger partial charge is 0.379 e. The van der Waals surface area contributed by atoms with E-state index in [-0.39, 0.29) is 18.3 Å². The van der Waals surface area contributed by atoms with E-state index in [0.717, 1.165) is 19.1 Å². The molecule has 1 aliphatic rings. The van der Waals surface area contributed by atoms with Crippen LogP contribution in [0, 0.1) is 0 Å². The van der Waals surface area contributed by atoms with Crippen molar-refractivity contribution in [2.24, 2.45) is 0 Å². The normalized spacial score (nSPS) is 19.0. The van der Waals surface area contributed by atoms with Crippen LogP contribution < -0.4 is 0 Å². The first-order chi connectivity index (χ1) is 9.83. The fourth-order valence-corrected chi connectivity index (χ4v) is 5.36. The zero-order valence-electron chi connectivity index (χ0n) is 14.4. The lowest BCUT2D eigenvalue weighted by molar-refractivity contribution is 0.00101. The minimum atomic E-state index is -2.66. The molecule has 1 saturated heterocycles. The van der Waals surface area contributed by atoms with Crippen molar-refractivity contribution in [1.29, 1.82) is 0 Å². The largest absolute Gasteiger partial charge is 0.501 e. The predicted octanol–water partition coefficient (Wildman–Crippen LogP) is 3.01. The summed E-state index contributed by atoms with van der Waals surface area (Å²) in [5, 5.41) is 0. The van der Waals surface area contributed by atoms with E-state index in [1.54, 1.807) is 0 Å². The first-order valence-corrected chi connectivity index (χ1v) is 9.99. The average Bonchev–Trinajstić information content (AvgIpc) is 3.09. The van der Waals surface area contributed by atoms with Crippen LogP contribution in [0.2, 0.25) is 6.04 Å². The van der Waals surface area contributed by atoms with E-state index in [1.807, 2.05) is 41.5 Å². The Morgan fingerprint density at radius 1 is 0.952 bits per heavy atom. The van der Waals surface area contributed by atoms with E-state index in [4.69, 9.17) is 22.8 Å². The Balaban J connectivity index is 2.48. The molecule has 0 radical (unpaired) electrons. The van der Waals surface area contributed by atoms with Gasteiger partial charge in [-0.1, -0.05) is 0 Å². The average molecular weight is 321 g/mol. The third-order valence-electron chi connectivity index (χ3n) is 2.72. The van der Waals surface area contributed by atoms with Crippen LogP contribution in [0.5, 0.6) is 0 Å². The molecule has 0 N–H and O–H groups in total. The van der Waals surface area contributed by atoms with Gasteiger partial charge < -0.3 is 22.8 Å². The molecule has 1 fully saturated rings. The Morgan fingerprint density at radius 3 is 1.81 bits per heavy atom. The Labute approximate surface area is 130 Å². The van der Waals surface area contributed by atoms with Crippen molar-refractivity contribution < 1.29 is 22.8 Å². The van der Waals surface area contributed by atoms with E-state index in [0.29, 0.717) is 19.3 Å². The molecular weight excluding hydrogens is 288 g/mol. The van der Waals surface area contributed by atoms with E-state index in [1.165, 1.54) is 0 Å². The first kappa shape index (κ1) is 19.1. The van der Waals surface area contributed by atoms with Gasteiger partial charge in [-0.3, -0.25) is 0 Å². The van der Waals surface area contributed by atoms with Gasteiger partial charge in [-0.25, -0.2) is 0 Å². The van der Waals surface area contributed by atoms with Crippen LogP contribution in [0.1, 0.15) is 48.0 Å². The predicted molar refractivity (Wildman–Crippen MR) is 84.4 cm³/mol. The third kappa shape index (κ3) is 8.90. The SMILES string of the molecule is CC(C)O[Si](CCCOCC1CO1)(OC(C)C)OC(C)C. The maximum atomic E-state index is 6.11. The highest BCUT2D eigenvalue weighted by Gasteiger charge is 2.43. The van der Waals surface area contributed by atoms with Gasteiger partial charge in [0, 0.05) is 31.0 Å². The van der Waals surface area contributed by atoms with Crippen molar-refractivity contribution in [2.75, 3.05) is 19.8 Å². The Morgan fingerprint density at radius 2 is 1.43 bits per heavy atom. The fourth-order valence-electron chi connectivity index (χ4n) is 2.11. The molecule has 1 heterocycles. The van der Waals surface area contributed by atoms with Gasteiger partial charge in [-0.15, -0.1) is 0 Å². The molecule has 0 aromatic rings. The molecule has 0 aromatic heterocycles.